The number of aromatic nitrogens is 1. The lowest BCUT2D eigenvalue weighted by Crippen LogP contribution is -2.39. The summed E-state index contributed by atoms with van der Waals surface area (Å²) in [5, 5.41) is 3.47. The Bertz CT molecular complexity index is 519. The molecule has 0 amide bonds. The molecule has 3 N–H and O–H groups in total. The molecule has 4 heteroatoms. The summed E-state index contributed by atoms with van der Waals surface area (Å²) < 4.78 is 5.53. The summed E-state index contributed by atoms with van der Waals surface area (Å²) in [4.78, 5) is 4.29. The molecule has 2 aromatic rings. The Morgan fingerprint density at radius 3 is 2.83 bits per heavy atom. The second-order valence-corrected chi connectivity index (χ2v) is 5.00. The third-order valence-electron chi connectivity index (χ3n) is 3.19. The van der Waals surface area contributed by atoms with Gasteiger partial charge in [-0.1, -0.05) is 19.9 Å². The molecule has 0 bridgehead atoms. The number of hydrogen-bond donors (Lipinski definition) is 2. The quantitative estimate of drug-likeness (QED) is 0.850. The van der Waals surface area contributed by atoms with E-state index in [4.69, 9.17) is 10.2 Å². The molecule has 1 unspecified atom stereocenters. The number of nitrogens with two attached hydrogens (primary N) is 1. The van der Waals surface area contributed by atoms with Crippen LogP contribution in [0.15, 0.2) is 22.6 Å². The van der Waals surface area contributed by atoms with Crippen molar-refractivity contribution in [3.63, 3.8) is 0 Å². The highest BCUT2D eigenvalue weighted by Gasteiger charge is 2.10. The number of hydrogen-bond acceptors (Lipinski definition) is 4. The maximum atomic E-state index is 5.74. The maximum absolute atomic E-state index is 5.74. The highest BCUT2D eigenvalue weighted by molar-refractivity contribution is 5.73. The van der Waals surface area contributed by atoms with Crippen molar-refractivity contribution in [3.8, 4) is 0 Å². The first-order chi connectivity index (χ1) is 8.60. The minimum absolute atomic E-state index is 0.345. The Kier molecular flexibility index (Phi) is 3.99. The summed E-state index contributed by atoms with van der Waals surface area (Å²) in [5.74, 6) is 1.24. The average Bonchev–Trinajstić information content (AvgIpc) is 2.68. The largest absolute Gasteiger partial charge is 0.441 e. The summed E-state index contributed by atoms with van der Waals surface area (Å²) in [6.45, 7) is 7.67. The smallest absolute Gasteiger partial charge is 0.192 e. The number of benzene rings is 1. The molecule has 98 valence electrons. The van der Waals surface area contributed by atoms with E-state index in [0.29, 0.717) is 24.4 Å². The Labute approximate surface area is 108 Å². The predicted octanol–water partition coefficient (Wildman–Crippen LogP) is 2.21. The van der Waals surface area contributed by atoms with Gasteiger partial charge in [-0.3, -0.25) is 0 Å². The number of fused-ring (bicyclic) bond motifs is 1. The summed E-state index contributed by atoms with van der Waals surface area (Å²) >= 11 is 0. The van der Waals surface area contributed by atoms with E-state index in [-0.39, 0.29) is 0 Å². The van der Waals surface area contributed by atoms with Crippen LogP contribution >= 0.6 is 0 Å². The van der Waals surface area contributed by atoms with Crippen LogP contribution in [-0.2, 0) is 6.54 Å². The van der Waals surface area contributed by atoms with Crippen molar-refractivity contribution in [2.24, 2.45) is 11.7 Å². The Hall–Kier alpha value is -1.39. The number of aryl methyl sites for hydroxylation is 1. The van der Waals surface area contributed by atoms with E-state index in [9.17, 15) is 0 Å². The standard InChI is InChI=1S/C14H21N3O/c1-9(2)13(7-15)16-8-11-4-5-12-14(6-11)18-10(3)17-12/h4-6,9,13,16H,7-8,15H2,1-3H3. The lowest BCUT2D eigenvalue weighted by atomic mass is 10.0. The minimum atomic E-state index is 0.345. The number of oxazole rings is 1. The molecule has 1 atom stereocenters. The van der Waals surface area contributed by atoms with Gasteiger partial charge in [0, 0.05) is 26.1 Å². The van der Waals surface area contributed by atoms with Gasteiger partial charge in [-0.15, -0.1) is 0 Å². The lowest BCUT2D eigenvalue weighted by molar-refractivity contribution is 0.405. The summed E-state index contributed by atoms with van der Waals surface area (Å²) in [6.07, 6.45) is 0. The van der Waals surface area contributed by atoms with E-state index in [0.717, 1.165) is 17.6 Å². The van der Waals surface area contributed by atoms with Crippen LogP contribution in [0.25, 0.3) is 11.1 Å². The van der Waals surface area contributed by atoms with Crippen molar-refractivity contribution in [3.05, 3.63) is 29.7 Å². The fourth-order valence-corrected chi connectivity index (χ4v) is 2.03. The Morgan fingerprint density at radius 2 is 2.17 bits per heavy atom. The molecule has 0 aliphatic rings. The van der Waals surface area contributed by atoms with Crippen LogP contribution in [0.1, 0.15) is 25.3 Å². The zero-order chi connectivity index (χ0) is 13.1. The predicted molar refractivity (Wildman–Crippen MR) is 73.3 cm³/mol. The fourth-order valence-electron chi connectivity index (χ4n) is 2.03. The summed E-state index contributed by atoms with van der Waals surface area (Å²) in [6, 6.07) is 6.45. The van der Waals surface area contributed by atoms with Crippen molar-refractivity contribution < 1.29 is 4.42 Å². The summed E-state index contributed by atoms with van der Waals surface area (Å²) in [7, 11) is 0. The van der Waals surface area contributed by atoms with Gasteiger partial charge >= 0.3 is 0 Å². The van der Waals surface area contributed by atoms with Gasteiger partial charge < -0.3 is 15.5 Å². The van der Waals surface area contributed by atoms with Crippen molar-refractivity contribution >= 4 is 11.1 Å². The average molecular weight is 247 g/mol. The number of nitrogens with zero attached hydrogens (tertiary/aromatic N) is 1. The van der Waals surface area contributed by atoms with E-state index in [1.54, 1.807) is 0 Å². The van der Waals surface area contributed by atoms with Crippen molar-refractivity contribution in [1.29, 1.82) is 0 Å². The topological polar surface area (TPSA) is 64.1 Å². The van der Waals surface area contributed by atoms with E-state index in [2.05, 4.69) is 30.2 Å². The SMILES string of the molecule is Cc1nc2ccc(CNC(CN)C(C)C)cc2o1. The van der Waals surface area contributed by atoms with Gasteiger partial charge in [-0.2, -0.15) is 0 Å². The van der Waals surface area contributed by atoms with Gasteiger partial charge in [0.2, 0.25) is 0 Å². The molecular formula is C14H21N3O. The normalized spacial score (nSPS) is 13.4. The van der Waals surface area contributed by atoms with Crippen molar-refractivity contribution in [2.75, 3.05) is 6.54 Å². The van der Waals surface area contributed by atoms with Gasteiger partial charge in [0.15, 0.2) is 11.5 Å². The van der Waals surface area contributed by atoms with Crippen LogP contribution in [0.5, 0.6) is 0 Å². The van der Waals surface area contributed by atoms with Crippen LogP contribution in [-0.4, -0.2) is 17.6 Å². The zero-order valence-electron chi connectivity index (χ0n) is 11.2. The zero-order valence-corrected chi connectivity index (χ0v) is 11.2. The van der Waals surface area contributed by atoms with Gasteiger partial charge in [0.05, 0.1) is 0 Å². The molecule has 18 heavy (non-hydrogen) atoms. The van der Waals surface area contributed by atoms with E-state index in [1.165, 1.54) is 5.56 Å². The second-order valence-electron chi connectivity index (χ2n) is 5.00. The van der Waals surface area contributed by atoms with Crippen LogP contribution < -0.4 is 11.1 Å². The Morgan fingerprint density at radius 1 is 1.39 bits per heavy atom. The number of nitrogens with one attached hydrogen (secondary N) is 1. The van der Waals surface area contributed by atoms with Gasteiger partial charge in [-0.25, -0.2) is 4.98 Å². The van der Waals surface area contributed by atoms with Crippen LogP contribution in [0.4, 0.5) is 0 Å². The molecule has 1 aromatic carbocycles. The van der Waals surface area contributed by atoms with Gasteiger partial charge in [0.25, 0.3) is 0 Å². The van der Waals surface area contributed by atoms with Crippen molar-refractivity contribution in [2.45, 2.75) is 33.4 Å². The molecule has 0 radical (unpaired) electrons. The highest BCUT2D eigenvalue weighted by atomic mass is 16.3. The second kappa shape index (κ2) is 5.50. The minimum Gasteiger partial charge on any atom is -0.441 e. The molecule has 1 aromatic heterocycles. The van der Waals surface area contributed by atoms with Crippen LogP contribution in [0.2, 0.25) is 0 Å². The van der Waals surface area contributed by atoms with Crippen LogP contribution in [0.3, 0.4) is 0 Å². The molecule has 1 heterocycles. The highest BCUT2D eigenvalue weighted by Crippen LogP contribution is 2.17. The molecule has 0 saturated carbocycles. The van der Waals surface area contributed by atoms with Crippen LogP contribution in [0, 0.1) is 12.8 Å². The first-order valence-corrected chi connectivity index (χ1v) is 6.39. The third-order valence-corrected chi connectivity index (χ3v) is 3.19. The first-order valence-electron chi connectivity index (χ1n) is 6.39. The lowest BCUT2D eigenvalue weighted by Gasteiger charge is -2.20. The third kappa shape index (κ3) is 2.89. The molecule has 0 saturated heterocycles. The maximum Gasteiger partial charge on any atom is 0.192 e. The van der Waals surface area contributed by atoms with E-state index >= 15 is 0 Å². The molecular weight excluding hydrogens is 226 g/mol. The van der Waals surface area contributed by atoms with E-state index < -0.39 is 0 Å². The first kappa shape index (κ1) is 13.1. The van der Waals surface area contributed by atoms with Gasteiger partial charge in [-0.05, 0) is 23.6 Å². The number of rotatable bonds is 5. The molecule has 0 aliphatic carbocycles. The molecule has 2 rings (SSSR count). The molecule has 0 aliphatic heterocycles. The van der Waals surface area contributed by atoms with Gasteiger partial charge in [0.1, 0.15) is 5.52 Å². The van der Waals surface area contributed by atoms with Crippen molar-refractivity contribution in [1.82, 2.24) is 10.3 Å². The monoisotopic (exact) mass is 247 g/mol. The van der Waals surface area contributed by atoms with E-state index in [1.807, 2.05) is 19.1 Å². The Balaban J connectivity index is 2.07. The molecule has 0 spiro atoms. The molecule has 4 nitrogen and oxygen atoms in total. The summed E-state index contributed by atoms with van der Waals surface area (Å²) in [5.41, 5.74) is 8.69. The molecule has 0 fully saturated rings. The fraction of sp³-hybridized carbons (Fsp3) is 0.500.